The fraction of sp³-hybridized carbons (Fsp3) is 0.500. The molecule has 0 atom stereocenters. The minimum atomic E-state index is 0.0109. The molecule has 1 amide bonds. The van der Waals surface area contributed by atoms with Crippen LogP contribution in [0.25, 0.3) is 0 Å². The first-order valence-corrected chi connectivity index (χ1v) is 6.36. The normalized spacial score (nSPS) is 10.0. The minimum absolute atomic E-state index is 0.0109. The summed E-state index contributed by atoms with van der Waals surface area (Å²) in [6, 6.07) is 3.65. The zero-order valence-electron chi connectivity index (χ0n) is 12.4. The number of carbonyl (C=O) groups excluding carboxylic acids is 1. The van der Waals surface area contributed by atoms with Gasteiger partial charge in [0.05, 0.1) is 21.3 Å². The molecular weight excluding hydrogens is 260 g/mol. The van der Waals surface area contributed by atoms with Crippen LogP contribution in [0.1, 0.15) is 12.0 Å². The molecule has 0 fully saturated rings. The molecule has 1 aromatic carbocycles. The Hall–Kier alpha value is -1.95. The molecule has 0 aliphatic rings. The smallest absolute Gasteiger partial charge is 0.221 e. The van der Waals surface area contributed by atoms with Crippen LogP contribution in [-0.2, 0) is 11.3 Å². The number of methoxy groups -OCH3 is 3. The quantitative estimate of drug-likeness (QED) is 0.694. The summed E-state index contributed by atoms with van der Waals surface area (Å²) in [5.74, 6) is 2.00. The zero-order chi connectivity index (χ0) is 15.0. The van der Waals surface area contributed by atoms with Crippen LogP contribution in [0.15, 0.2) is 12.1 Å². The molecule has 0 heterocycles. The summed E-state index contributed by atoms with van der Waals surface area (Å²) in [6.07, 6.45) is 0.437. The standard InChI is InChI=1S/C14H22N2O4/c1-15-14(17)5-6-16-9-10-7-12(19-3)13(20-4)8-11(10)18-2/h7-8,16H,5-6,9H2,1-4H3,(H,15,17). The SMILES string of the molecule is CNC(=O)CCNCc1cc(OC)c(OC)cc1OC. The molecular formula is C14H22N2O4. The van der Waals surface area contributed by atoms with E-state index >= 15 is 0 Å². The van der Waals surface area contributed by atoms with Gasteiger partial charge in [-0.15, -0.1) is 0 Å². The first-order valence-electron chi connectivity index (χ1n) is 6.36. The van der Waals surface area contributed by atoms with E-state index in [1.54, 1.807) is 34.4 Å². The second-order valence-corrected chi connectivity index (χ2v) is 4.12. The van der Waals surface area contributed by atoms with E-state index in [0.29, 0.717) is 31.0 Å². The summed E-state index contributed by atoms with van der Waals surface area (Å²) in [7, 11) is 6.40. The molecule has 0 saturated heterocycles. The molecule has 20 heavy (non-hydrogen) atoms. The van der Waals surface area contributed by atoms with E-state index in [1.165, 1.54) is 0 Å². The van der Waals surface area contributed by atoms with E-state index in [1.807, 2.05) is 6.07 Å². The number of benzene rings is 1. The van der Waals surface area contributed by atoms with E-state index < -0.39 is 0 Å². The highest BCUT2D eigenvalue weighted by Crippen LogP contribution is 2.34. The third-order valence-corrected chi connectivity index (χ3v) is 2.91. The van der Waals surface area contributed by atoms with Gasteiger partial charge in [-0.3, -0.25) is 4.79 Å². The first-order chi connectivity index (χ1) is 9.65. The first kappa shape index (κ1) is 16.1. The largest absolute Gasteiger partial charge is 0.496 e. The molecule has 2 N–H and O–H groups in total. The molecule has 0 spiro atoms. The second kappa shape index (κ2) is 8.27. The molecule has 0 aliphatic heterocycles. The Morgan fingerprint density at radius 1 is 1.05 bits per heavy atom. The Morgan fingerprint density at radius 3 is 2.20 bits per heavy atom. The topological polar surface area (TPSA) is 68.8 Å². The highest BCUT2D eigenvalue weighted by molar-refractivity contribution is 5.75. The molecule has 1 aromatic rings. The fourth-order valence-electron chi connectivity index (χ4n) is 1.78. The monoisotopic (exact) mass is 282 g/mol. The van der Waals surface area contributed by atoms with Gasteiger partial charge in [-0.25, -0.2) is 0 Å². The van der Waals surface area contributed by atoms with Crippen molar-refractivity contribution in [2.45, 2.75) is 13.0 Å². The van der Waals surface area contributed by atoms with Crippen LogP contribution < -0.4 is 24.8 Å². The predicted molar refractivity (Wildman–Crippen MR) is 76.5 cm³/mol. The molecule has 0 aromatic heterocycles. The summed E-state index contributed by atoms with van der Waals surface area (Å²) in [4.78, 5) is 11.1. The number of hydrogen-bond donors (Lipinski definition) is 2. The van der Waals surface area contributed by atoms with Gasteiger partial charge >= 0.3 is 0 Å². The van der Waals surface area contributed by atoms with Crippen LogP contribution in [-0.4, -0.2) is 40.8 Å². The minimum Gasteiger partial charge on any atom is -0.496 e. The fourth-order valence-corrected chi connectivity index (χ4v) is 1.78. The summed E-state index contributed by atoms with van der Waals surface area (Å²) in [5, 5.41) is 5.77. The Balaban J connectivity index is 2.70. The lowest BCUT2D eigenvalue weighted by Crippen LogP contribution is -2.24. The number of carbonyl (C=O) groups is 1. The number of hydrogen-bond acceptors (Lipinski definition) is 5. The number of nitrogens with one attached hydrogen (secondary N) is 2. The van der Waals surface area contributed by atoms with Gasteiger partial charge in [0, 0.05) is 38.2 Å². The van der Waals surface area contributed by atoms with E-state index in [2.05, 4.69) is 10.6 Å². The molecule has 0 bridgehead atoms. The van der Waals surface area contributed by atoms with Gasteiger partial charge in [-0.1, -0.05) is 0 Å². The van der Waals surface area contributed by atoms with Crippen molar-refractivity contribution in [3.8, 4) is 17.2 Å². The van der Waals surface area contributed by atoms with E-state index in [9.17, 15) is 4.79 Å². The van der Waals surface area contributed by atoms with Gasteiger partial charge in [0.2, 0.25) is 5.91 Å². The van der Waals surface area contributed by atoms with E-state index in [-0.39, 0.29) is 5.91 Å². The lowest BCUT2D eigenvalue weighted by atomic mass is 10.1. The summed E-state index contributed by atoms with van der Waals surface area (Å²) in [5.41, 5.74) is 0.946. The van der Waals surface area contributed by atoms with Crippen LogP contribution in [0.5, 0.6) is 17.2 Å². The van der Waals surface area contributed by atoms with Crippen LogP contribution >= 0.6 is 0 Å². The van der Waals surface area contributed by atoms with Crippen molar-refractivity contribution in [3.63, 3.8) is 0 Å². The van der Waals surface area contributed by atoms with Crippen LogP contribution in [0.2, 0.25) is 0 Å². The highest BCUT2D eigenvalue weighted by Gasteiger charge is 2.11. The predicted octanol–water partition coefficient (Wildman–Crippen LogP) is 0.938. The van der Waals surface area contributed by atoms with Crippen molar-refractivity contribution >= 4 is 5.91 Å². The third kappa shape index (κ3) is 4.31. The lowest BCUT2D eigenvalue weighted by Gasteiger charge is -2.14. The average molecular weight is 282 g/mol. The lowest BCUT2D eigenvalue weighted by molar-refractivity contribution is -0.120. The third-order valence-electron chi connectivity index (χ3n) is 2.91. The Morgan fingerprint density at radius 2 is 1.65 bits per heavy atom. The van der Waals surface area contributed by atoms with Gasteiger partial charge in [0.25, 0.3) is 0 Å². The van der Waals surface area contributed by atoms with Crippen LogP contribution in [0.3, 0.4) is 0 Å². The number of rotatable bonds is 8. The molecule has 1 rings (SSSR count). The van der Waals surface area contributed by atoms with Crippen LogP contribution in [0, 0.1) is 0 Å². The average Bonchev–Trinajstić information content (AvgIpc) is 2.50. The maximum absolute atomic E-state index is 11.1. The van der Waals surface area contributed by atoms with E-state index in [4.69, 9.17) is 14.2 Å². The van der Waals surface area contributed by atoms with Gasteiger partial charge in [-0.05, 0) is 6.07 Å². The van der Waals surface area contributed by atoms with Crippen molar-refractivity contribution in [2.24, 2.45) is 0 Å². The van der Waals surface area contributed by atoms with Crippen molar-refractivity contribution in [1.29, 1.82) is 0 Å². The number of ether oxygens (including phenoxy) is 3. The van der Waals surface area contributed by atoms with Crippen molar-refractivity contribution < 1.29 is 19.0 Å². The zero-order valence-corrected chi connectivity index (χ0v) is 12.4. The molecule has 0 saturated carbocycles. The summed E-state index contributed by atoms with van der Waals surface area (Å²) >= 11 is 0. The molecule has 0 aliphatic carbocycles. The van der Waals surface area contributed by atoms with Gasteiger partial charge < -0.3 is 24.8 Å². The van der Waals surface area contributed by atoms with E-state index in [0.717, 1.165) is 11.3 Å². The van der Waals surface area contributed by atoms with Gasteiger partial charge in [0.15, 0.2) is 11.5 Å². The van der Waals surface area contributed by atoms with Crippen molar-refractivity contribution in [2.75, 3.05) is 34.9 Å². The summed E-state index contributed by atoms with van der Waals surface area (Å²) < 4.78 is 15.8. The second-order valence-electron chi connectivity index (χ2n) is 4.12. The van der Waals surface area contributed by atoms with Crippen molar-refractivity contribution in [1.82, 2.24) is 10.6 Å². The van der Waals surface area contributed by atoms with Crippen molar-refractivity contribution in [3.05, 3.63) is 17.7 Å². The Kier molecular flexibility index (Phi) is 6.66. The van der Waals surface area contributed by atoms with Crippen LogP contribution in [0.4, 0.5) is 0 Å². The Bertz CT molecular complexity index is 449. The molecule has 6 heteroatoms. The van der Waals surface area contributed by atoms with Gasteiger partial charge in [-0.2, -0.15) is 0 Å². The molecule has 0 unspecified atom stereocenters. The van der Waals surface area contributed by atoms with Gasteiger partial charge in [0.1, 0.15) is 5.75 Å². The maximum Gasteiger partial charge on any atom is 0.221 e. The number of amides is 1. The summed E-state index contributed by atoms with van der Waals surface area (Å²) in [6.45, 7) is 1.18. The molecule has 0 radical (unpaired) electrons. The maximum atomic E-state index is 11.1. The molecule has 112 valence electrons. The Labute approximate surface area is 119 Å². The highest BCUT2D eigenvalue weighted by atomic mass is 16.5. The molecule has 6 nitrogen and oxygen atoms in total.